The van der Waals surface area contributed by atoms with Crippen LogP contribution in [-0.2, 0) is 19.2 Å². The molecule has 164 valence electrons. The summed E-state index contributed by atoms with van der Waals surface area (Å²) in [5.41, 5.74) is 15.9. The van der Waals surface area contributed by atoms with Crippen LogP contribution in [0.25, 0.3) is 0 Å². The van der Waals surface area contributed by atoms with Crippen LogP contribution in [0.1, 0.15) is 25.7 Å². The van der Waals surface area contributed by atoms with E-state index in [1.807, 2.05) is 0 Å². The summed E-state index contributed by atoms with van der Waals surface area (Å²) in [4.78, 5) is 53.1. The van der Waals surface area contributed by atoms with E-state index in [0.29, 0.717) is 25.8 Å². The number of hydrogen-bond donors (Lipinski definition) is 7. The van der Waals surface area contributed by atoms with E-state index in [9.17, 15) is 24.3 Å². The van der Waals surface area contributed by atoms with E-state index in [0.717, 1.165) is 0 Å². The van der Waals surface area contributed by atoms with E-state index >= 15 is 0 Å². The highest BCUT2D eigenvalue weighted by atomic mass is 32.1. The van der Waals surface area contributed by atoms with Gasteiger partial charge in [0.1, 0.15) is 12.1 Å². The Bertz CT molecular complexity index is 641. The average molecular weight is 432 g/mol. The molecule has 0 bridgehead atoms. The number of thiol groups is 1. The molecule has 1 rings (SSSR count). The van der Waals surface area contributed by atoms with Crippen molar-refractivity contribution in [2.45, 2.75) is 43.8 Å². The van der Waals surface area contributed by atoms with Crippen LogP contribution in [0.2, 0.25) is 0 Å². The summed E-state index contributed by atoms with van der Waals surface area (Å²) >= 11 is 3.91. The second-order valence-electron chi connectivity index (χ2n) is 6.60. The van der Waals surface area contributed by atoms with Crippen molar-refractivity contribution < 1.29 is 24.3 Å². The highest BCUT2D eigenvalue weighted by Gasteiger charge is 2.35. The zero-order valence-corrected chi connectivity index (χ0v) is 16.9. The summed E-state index contributed by atoms with van der Waals surface area (Å²) in [6.45, 7) is 0.281. The number of carbonyl (C=O) groups excluding carboxylic acids is 3. The van der Waals surface area contributed by atoms with Crippen LogP contribution in [0.4, 0.5) is 0 Å². The summed E-state index contributed by atoms with van der Waals surface area (Å²) in [5, 5.41) is 14.2. The molecule has 29 heavy (non-hydrogen) atoms. The lowest BCUT2D eigenvalue weighted by Gasteiger charge is -2.26. The van der Waals surface area contributed by atoms with E-state index in [-0.39, 0.29) is 31.2 Å². The number of nitrogens with two attached hydrogens (primary N) is 3. The zero-order valence-electron chi connectivity index (χ0n) is 16.0. The normalized spacial score (nSPS) is 17.9. The molecule has 3 amide bonds. The minimum Gasteiger partial charge on any atom is -0.480 e. The van der Waals surface area contributed by atoms with Gasteiger partial charge in [0.25, 0.3) is 0 Å². The molecule has 9 N–H and O–H groups in total. The molecule has 0 aromatic heterocycles. The summed E-state index contributed by atoms with van der Waals surface area (Å²) in [7, 11) is 0. The van der Waals surface area contributed by atoms with Gasteiger partial charge in [-0.05, 0) is 25.7 Å². The fourth-order valence-electron chi connectivity index (χ4n) is 2.84. The lowest BCUT2D eigenvalue weighted by atomic mass is 10.1. The molecular formula is C16H29N7O5S. The maximum atomic E-state index is 12.6. The van der Waals surface area contributed by atoms with Gasteiger partial charge in [0.15, 0.2) is 5.96 Å². The Hall–Kier alpha value is -2.54. The largest absolute Gasteiger partial charge is 0.480 e. The number of carbonyl (C=O) groups is 4. The third-order valence-electron chi connectivity index (χ3n) is 4.38. The Morgan fingerprint density at radius 3 is 2.55 bits per heavy atom. The van der Waals surface area contributed by atoms with Crippen LogP contribution in [-0.4, -0.2) is 83.2 Å². The van der Waals surface area contributed by atoms with Crippen molar-refractivity contribution in [1.82, 2.24) is 15.5 Å². The van der Waals surface area contributed by atoms with Crippen molar-refractivity contribution in [2.75, 3.05) is 25.4 Å². The Kier molecular flexibility index (Phi) is 10.2. The molecule has 3 unspecified atom stereocenters. The molecule has 1 heterocycles. The first-order valence-electron chi connectivity index (χ1n) is 9.19. The standard InChI is InChI=1S/C16H29N7O5S/c17-9(8-29)13(25)21-7-12(24)23-6-2-4-11(23)14(26)22-10(15(27)28)3-1-5-20-16(18)19/h9-11,29H,1-8,17H2,(H,21,25)(H,22,26)(H,27,28)(H4,18,19,20). The van der Waals surface area contributed by atoms with Gasteiger partial charge in [0, 0.05) is 18.8 Å². The minimum atomic E-state index is -1.19. The van der Waals surface area contributed by atoms with Crippen molar-refractivity contribution in [1.29, 1.82) is 0 Å². The quantitative estimate of drug-likeness (QED) is 0.0773. The van der Waals surface area contributed by atoms with Crippen LogP contribution < -0.4 is 27.8 Å². The van der Waals surface area contributed by atoms with Crippen molar-refractivity contribution in [3.8, 4) is 0 Å². The second-order valence-corrected chi connectivity index (χ2v) is 6.97. The fraction of sp³-hybridized carbons (Fsp3) is 0.688. The Balaban J connectivity index is 2.61. The number of likely N-dealkylation sites (tertiary alicyclic amines) is 1. The molecule has 1 fully saturated rings. The van der Waals surface area contributed by atoms with Crippen LogP contribution >= 0.6 is 12.6 Å². The van der Waals surface area contributed by atoms with E-state index in [1.165, 1.54) is 4.90 Å². The molecule has 0 aromatic carbocycles. The number of nitrogens with zero attached hydrogens (tertiary/aromatic N) is 2. The van der Waals surface area contributed by atoms with Crippen molar-refractivity contribution in [3.05, 3.63) is 0 Å². The van der Waals surface area contributed by atoms with E-state index in [1.54, 1.807) is 0 Å². The number of rotatable bonds is 11. The third kappa shape index (κ3) is 8.15. The first kappa shape index (κ1) is 24.5. The number of nitrogens with one attached hydrogen (secondary N) is 2. The maximum absolute atomic E-state index is 12.6. The summed E-state index contributed by atoms with van der Waals surface area (Å²) in [5.74, 6) is -2.66. The van der Waals surface area contributed by atoms with Crippen LogP contribution in [0, 0.1) is 0 Å². The van der Waals surface area contributed by atoms with Crippen molar-refractivity contribution in [2.24, 2.45) is 22.2 Å². The van der Waals surface area contributed by atoms with Crippen molar-refractivity contribution >= 4 is 42.3 Å². The lowest BCUT2D eigenvalue weighted by Crippen LogP contribution is -2.53. The summed E-state index contributed by atoms with van der Waals surface area (Å²) in [6, 6.07) is -2.75. The average Bonchev–Trinajstić information content (AvgIpc) is 3.16. The molecule has 13 heteroatoms. The van der Waals surface area contributed by atoms with E-state index in [2.05, 4.69) is 28.3 Å². The molecule has 1 aliphatic rings. The fourth-order valence-corrected chi connectivity index (χ4v) is 3.01. The summed E-state index contributed by atoms with van der Waals surface area (Å²) < 4.78 is 0. The molecule has 0 saturated carbocycles. The smallest absolute Gasteiger partial charge is 0.326 e. The second kappa shape index (κ2) is 12.1. The first-order valence-corrected chi connectivity index (χ1v) is 9.82. The Morgan fingerprint density at radius 2 is 1.97 bits per heavy atom. The SMILES string of the molecule is NC(N)=NCCCC(NC(=O)C1CCCN1C(=O)CNC(=O)C(N)CS)C(=O)O. The number of hydrogen-bond acceptors (Lipinski definition) is 7. The number of carboxylic acids is 1. The molecule has 0 aromatic rings. The highest BCUT2D eigenvalue weighted by molar-refractivity contribution is 7.80. The van der Waals surface area contributed by atoms with E-state index in [4.69, 9.17) is 17.2 Å². The number of amides is 3. The first-order chi connectivity index (χ1) is 13.7. The molecule has 1 saturated heterocycles. The van der Waals surface area contributed by atoms with Crippen LogP contribution in [0.5, 0.6) is 0 Å². The number of aliphatic carboxylic acids is 1. The van der Waals surface area contributed by atoms with Crippen LogP contribution in [0.15, 0.2) is 4.99 Å². The van der Waals surface area contributed by atoms with E-state index < -0.39 is 41.8 Å². The van der Waals surface area contributed by atoms with Gasteiger partial charge in [-0.1, -0.05) is 0 Å². The molecule has 0 spiro atoms. The summed E-state index contributed by atoms with van der Waals surface area (Å²) in [6.07, 6.45) is 1.49. The molecule has 0 radical (unpaired) electrons. The van der Waals surface area contributed by atoms with Gasteiger partial charge in [-0.15, -0.1) is 0 Å². The zero-order chi connectivity index (χ0) is 22.0. The minimum absolute atomic E-state index is 0.0940. The number of aliphatic imine (C=N–C) groups is 1. The highest BCUT2D eigenvalue weighted by Crippen LogP contribution is 2.18. The molecule has 1 aliphatic heterocycles. The van der Waals surface area contributed by atoms with Gasteiger partial charge in [0.05, 0.1) is 12.6 Å². The van der Waals surface area contributed by atoms with Crippen LogP contribution in [0.3, 0.4) is 0 Å². The third-order valence-corrected chi connectivity index (χ3v) is 4.78. The monoisotopic (exact) mass is 431 g/mol. The van der Waals surface area contributed by atoms with Gasteiger partial charge in [-0.3, -0.25) is 19.4 Å². The number of carboxylic acid groups (broad SMARTS) is 1. The molecule has 0 aliphatic carbocycles. The van der Waals surface area contributed by atoms with Gasteiger partial charge in [0.2, 0.25) is 17.7 Å². The Labute approximate surface area is 174 Å². The molecule has 3 atom stereocenters. The van der Waals surface area contributed by atoms with Gasteiger partial charge < -0.3 is 37.8 Å². The van der Waals surface area contributed by atoms with Gasteiger partial charge in [-0.2, -0.15) is 12.6 Å². The molecular weight excluding hydrogens is 402 g/mol. The topological polar surface area (TPSA) is 206 Å². The predicted molar refractivity (Wildman–Crippen MR) is 109 cm³/mol. The predicted octanol–water partition coefficient (Wildman–Crippen LogP) is -3.03. The van der Waals surface area contributed by atoms with Gasteiger partial charge >= 0.3 is 5.97 Å². The molecule has 12 nitrogen and oxygen atoms in total. The Morgan fingerprint density at radius 1 is 1.28 bits per heavy atom. The maximum Gasteiger partial charge on any atom is 0.326 e. The number of guanidine groups is 1. The van der Waals surface area contributed by atoms with Crippen molar-refractivity contribution in [3.63, 3.8) is 0 Å². The lowest BCUT2D eigenvalue weighted by molar-refractivity contribution is -0.144. The van der Waals surface area contributed by atoms with Gasteiger partial charge in [-0.25, -0.2) is 4.79 Å².